The van der Waals surface area contributed by atoms with Crippen LogP contribution in [0.25, 0.3) is 0 Å². The van der Waals surface area contributed by atoms with Gasteiger partial charge in [0.15, 0.2) is 0 Å². The van der Waals surface area contributed by atoms with Gasteiger partial charge in [0.25, 0.3) is 0 Å². The molecule has 0 bridgehead atoms. The summed E-state index contributed by atoms with van der Waals surface area (Å²) in [6.07, 6.45) is 3.39. The molecule has 4 heteroatoms. The molecule has 2 rings (SSSR count). The fourth-order valence-electron chi connectivity index (χ4n) is 2.03. The van der Waals surface area contributed by atoms with Crippen LogP contribution in [0.2, 0.25) is 0 Å². The predicted molar refractivity (Wildman–Crippen MR) is 64.2 cm³/mol. The minimum absolute atomic E-state index is 0.108. The first kappa shape index (κ1) is 11.4. The highest BCUT2D eigenvalue weighted by Gasteiger charge is 2.16. The largest absolute Gasteiger partial charge is 0.478 e. The van der Waals surface area contributed by atoms with Crippen molar-refractivity contribution in [3.8, 4) is 0 Å². The van der Waals surface area contributed by atoms with Crippen molar-refractivity contribution in [3.05, 3.63) is 53.1 Å². The Morgan fingerprint density at radius 2 is 2.24 bits per heavy atom. The molecule has 0 fully saturated rings. The molecule has 1 aromatic carbocycles. The van der Waals surface area contributed by atoms with Crippen molar-refractivity contribution in [1.82, 2.24) is 9.97 Å². The molecule has 0 saturated carbocycles. The second-order valence-corrected chi connectivity index (χ2v) is 4.05. The van der Waals surface area contributed by atoms with Crippen LogP contribution in [-0.4, -0.2) is 21.0 Å². The van der Waals surface area contributed by atoms with Crippen LogP contribution in [0.3, 0.4) is 0 Å². The lowest BCUT2D eigenvalue weighted by atomic mass is 9.91. The average Bonchev–Trinajstić information content (AvgIpc) is 2.81. The van der Waals surface area contributed by atoms with Crippen LogP contribution in [-0.2, 0) is 0 Å². The number of aromatic nitrogens is 2. The Labute approximate surface area is 99.3 Å². The van der Waals surface area contributed by atoms with Gasteiger partial charge < -0.3 is 10.1 Å². The van der Waals surface area contributed by atoms with Crippen LogP contribution in [0, 0.1) is 6.92 Å². The topological polar surface area (TPSA) is 66.0 Å². The van der Waals surface area contributed by atoms with Gasteiger partial charge in [-0.2, -0.15) is 0 Å². The zero-order valence-corrected chi connectivity index (χ0v) is 9.77. The zero-order valence-electron chi connectivity index (χ0n) is 9.77. The summed E-state index contributed by atoms with van der Waals surface area (Å²) in [5.41, 5.74) is 3.15. The average molecular weight is 230 g/mol. The Hall–Kier alpha value is -2.10. The van der Waals surface area contributed by atoms with Crippen LogP contribution >= 0.6 is 0 Å². The maximum atomic E-state index is 11.1. The van der Waals surface area contributed by atoms with E-state index in [0.717, 1.165) is 16.8 Å². The van der Waals surface area contributed by atoms with Gasteiger partial charge in [0.1, 0.15) is 0 Å². The van der Waals surface area contributed by atoms with E-state index >= 15 is 0 Å². The standard InChI is InChI=1S/C13H14N2O2/c1-8-10(4-3-5-11(8)13(16)17)9(2)12-6-14-7-15-12/h3-7,9H,1-2H3,(H,14,15)(H,16,17)/t9-/m0/s1. The third-order valence-electron chi connectivity index (χ3n) is 3.06. The Morgan fingerprint density at radius 1 is 1.47 bits per heavy atom. The summed E-state index contributed by atoms with van der Waals surface area (Å²) in [6, 6.07) is 5.35. The molecular weight excluding hydrogens is 216 g/mol. The van der Waals surface area contributed by atoms with Gasteiger partial charge in [-0.3, -0.25) is 0 Å². The molecule has 0 aliphatic rings. The number of carboxylic acid groups (broad SMARTS) is 1. The van der Waals surface area contributed by atoms with Crippen molar-refractivity contribution in [2.75, 3.05) is 0 Å². The van der Waals surface area contributed by atoms with Gasteiger partial charge in [0, 0.05) is 17.8 Å². The van der Waals surface area contributed by atoms with Crippen molar-refractivity contribution in [2.24, 2.45) is 0 Å². The van der Waals surface area contributed by atoms with Gasteiger partial charge >= 0.3 is 5.97 Å². The van der Waals surface area contributed by atoms with Crippen molar-refractivity contribution in [3.63, 3.8) is 0 Å². The fraction of sp³-hybridized carbons (Fsp3) is 0.231. The first-order chi connectivity index (χ1) is 8.11. The Balaban J connectivity index is 2.46. The third kappa shape index (κ3) is 2.06. The molecule has 17 heavy (non-hydrogen) atoms. The normalized spacial score (nSPS) is 12.4. The van der Waals surface area contributed by atoms with Gasteiger partial charge in [-0.25, -0.2) is 9.78 Å². The number of aromatic amines is 1. The van der Waals surface area contributed by atoms with Crippen LogP contribution in [0.15, 0.2) is 30.7 Å². The molecule has 1 heterocycles. The number of carbonyl (C=O) groups is 1. The molecule has 0 radical (unpaired) electrons. The number of imidazole rings is 1. The second kappa shape index (κ2) is 4.41. The van der Waals surface area contributed by atoms with E-state index in [1.807, 2.05) is 19.9 Å². The third-order valence-corrected chi connectivity index (χ3v) is 3.06. The van der Waals surface area contributed by atoms with Gasteiger partial charge in [-0.1, -0.05) is 19.1 Å². The highest BCUT2D eigenvalue weighted by atomic mass is 16.4. The molecule has 0 aliphatic carbocycles. The van der Waals surface area contributed by atoms with Gasteiger partial charge in [-0.05, 0) is 24.1 Å². The number of rotatable bonds is 3. The van der Waals surface area contributed by atoms with E-state index in [1.165, 1.54) is 0 Å². The second-order valence-electron chi connectivity index (χ2n) is 4.05. The summed E-state index contributed by atoms with van der Waals surface area (Å²) >= 11 is 0. The van der Waals surface area contributed by atoms with Crippen molar-refractivity contribution in [1.29, 1.82) is 0 Å². The Kier molecular flexibility index (Phi) is 2.95. The van der Waals surface area contributed by atoms with Crippen molar-refractivity contribution >= 4 is 5.97 Å². The van der Waals surface area contributed by atoms with Crippen LogP contribution in [0.4, 0.5) is 0 Å². The molecule has 1 atom stereocenters. The summed E-state index contributed by atoms with van der Waals surface area (Å²) in [5, 5.41) is 9.08. The molecule has 0 aliphatic heterocycles. The molecule has 0 spiro atoms. The zero-order chi connectivity index (χ0) is 12.4. The van der Waals surface area contributed by atoms with E-state index in [9.17, 15) is 4.79 Å². The summed E-state index contributed by atoms with van der Waals surface area (Å²) < 4.78 is 0. The van der Waals surface area contributed by atoms with Gasteiger partial charge in [0.2, 0.25) is 0 Å². The monoisotopic (exact) mass is 230 g/mol. The number of hydrogen-bond donors (Lipinski definition) is 2. The smallest absolute Gasteiger partial charge is 0.335 e. The molecular formula is C13H14N2O2. The van der Waals surface area contributed by atoms with E-state index in [1.54, 1.807) is 24.7 Å². The number of benzene rings is 1. The van der Waals surface area contributed by atoms with E-state index in [0.29, 0.717) is 5.56 Å². The number of hydrogen-bond acceptors (Lipinski definition) is 2. The maximum absolute atomic E-state index is 11.1. The van der Waals surface area contributed by atoms with Crippen molar-refractivity contribution in [2.45, 2.75) is 19.8 Å². The summed E-state index contributed by atoms with van der Waals surface area (Å²) in [5.74, 6) is -0.780. The van der Waals surface area contributed by atoms with Crippen LogP contribution < -0.4 is 0 Å². The molecule has 88 valence electrons. The minimum atomic E-state index is -0.888. The molecule has 0 amide bonds. The molecule has 4 nitrogen and oxygen atoms in total. The molecule has 1 aromatic heterocycles. The quantitative estimate of drug-likeness (QED) is 0.851. The lowest BCUT2D eigenvalue weighted by Crippen LogP contribution is -2.05. The Bertz CT molecular complexity index is 532. The number of aromatic carboxylic acids is 1. The summed E-state index contributed by atoms with van der Waals surface area (Å²) in [6.45, 7) is 3.87. The highest BCUT2D eigenvalue weighted by molar-refractivity contribution is 5.89. The predicted octanol–water partition coefficient (Wildman–Crippen LogP) is 2.57. The van der Waals surface area contributed by atoms with E-state index in [-0.39, 0.29) is 5.92 Å². The fourth-order valence-corrected chi connectivity index (χ4v) is 2.03. The number of H-pyrrole nitrogens is 1. The Morgan fingerprint density at radius 3 is 2.82 bits per heavy atom. The first-order valence-electron chi connectivity index (χ1n) is 5.42. The first-order valence-corrected chi connectivity index (χ1v) is 5.42. The molecule has 0 unspecified atom stereocenters. The SMILES string of the molecule is Cc1c(C(=O)O)cccc1[C@H](C)c1cnc[nH]1. The van der Waals surface area contributed by atoms with E-state index < -0.39 is 5.97 Å². The number of carboxylic acids is 1. The lowest BCUT2D eigenvalue weighted by molar-refractivity contribution is 0.0696. The van der Waals surface area contributed by atoms with Crippen LogP contribution in [0.1, 0.15) is 40.0 Å². The number of nitrogens with zero attached hydrogens (tertiary/aromatic N) is 1. The maximum Gasteiger partial charge on any atom is 0.335 e. The summed E-state index contributed by atoms with van der Waals surface area (Å²) in [7, 11) is 0. The highest BCUT2D eigenvalue weighted by Crippen LogP contribution is 2.26. The van der Waals surface area contributed by atoms with Gasteiger partial charge in [-0.15, -0.1) is 0 Å². The van der Waals surface area contributed by atoms with E-state index in [4.69, 9.17) is 5.11 Å². The van der Waals surface area contributed by atoms with Gasteiger partial charge in [0.05, 0.1) is 11.9 Å². The number of nitrogens with one attached hydrogen (secondary N) is 1. The van der Waals surface area contributed by atoms with E-state index in [2.05, 4.69) is 9.97 Å². The van der Waals surface area contributed by atoms with Crippen molar-refractivity contribution < 1.29 is 9.90 Å². The molecule has 0 saturated heterocycles. The lowest BCUT2D eigenvalue weighted by Gasteiger charge is -2.14. The molecule has 2 aromatic rings. The molecule has 2 N–H and O–H groups in total. The summed E-state index contributed by atoms with van der Waals surface area (Å²) in [4.78, 5) is 18.1. The minimum Gasteiger partial charge on any atom is -0.478 e. The van der Waals surface area contributed by atoms with Crippen LogP contribution in [0.5, 0.6) is 0 Å².